The Morgan fingerprint density at radius 2 is 1.21 bits per heavy atom. The predicted molar refractivity (Wildman–Crippen MR) is 206 cm³/mol. The first-order chi connectivity index (χ1) is 23.8. The Balaban J connectivity index is 1.23. The third kappa shape index (κ3) is 3.60. The first-order valence-electron chi connectivity index (χ1n) is 16.4. The number of nitrogens with zero attached hydrogens (tertiary/aromatic N) is 3. The van der Waals surface area contributed by atoms with Crippen LogP contribution in [0.2, 0.25) is 0 Å². The number of fused-ring (bicyclic) bond motifs is 10. The molecular weight excluding hydrogens is 623 g/mol. The minimum atomic E-state index is 0.214. The van der Waals surface area contributed by atoms with E-state index in [9.17, 15) is 0 Å². The fourth-order valence-electron chi connectivity index (χ4n) is 8.13. The van der Waals surface area contributed by atoms with E-state index in [0.29, 0.717) is 5.92 Å². The summed E-state index contributed by atoms with van der Waals surface area (Å²) in [6.07, 6.45) is 9.10. The maximum atomic E-state index is 5.61. The van der Waals surface area contributed by atoms with Gasteiger partial charge in [0.25, 0.3) is 0 Å². The lowest BCUT2D eigenvalue weighted by Gasteiger charge is -2.29. The molecular formula is C43H27N3S2. The van der Waals surface area contributed by atoms with Crippen molar-refractivity contribution in [1.82, 2.24) is 9.55 Å². The fourth-order valence-corrected chi connectivity index (χ4v) is 10.5. The number of thiazole rings is 1. The molecule has 226 valence electrons. The lowest BCUT2D eigenvalue weighted by Crippen LogP contribution is -2.28. The van der Waals surface area contributed by atoms with Crippen LogP contribution in [0.3, 0.4) is 0 Å². The number of rotatable bonds is 3. The van der Waals surface area contributed by atoms with Crippen molar-refractivity contribution >= 4 is 86.2 Å². The van der Waals surface area contributed by atoms with Gasteiger partial charge in [0.1, 0.15) is 10.5 Å². The van der Waals surface area contributed by atoms with Gasteiger partial charge in [0, 0.05) is 48.1 Å². The molecule has 3 nitrogen and oxygen atoms in total. The molecule has 0 saturated heterocycles. The second-order valence-corrected chi connectivity index (χ2v) is 14.7. The smallest absolute Gasteiger partial charge is 0.126 e. The number of allylic oxidation sites excluding steroid dienone is 2. The van der Waals surface area contributed by atoms with E-state index < -0.39 is 0 Å². The summed E-state index contributed by atoms with van der Waals surface area (Å²) in [5.41, 5.74) is 9.60. The van der Waals surface area contributed by atoms with Crippen LogP contribution in [0.5, 0.6) is 0 Å². The summed E-state index contributed by atoms with van der Waals surface area (Å²) < 4.78 is 6.24. The van der Waals surface area contributed by atoms with Gasteiger partial charge in [0.2, 0.25) is 0 Å². The molecule has 5 heteroatoms. The van der Waals surface area contributed by atoms with E-state index in [0.717, 1.165) is 16.2 Å². The number of para-hydroxylation sites is 3. The number of hydrogen-bond donors (Lipinski definition) is 0. The molecule has 1 aliphatic carbocycles. The average molecular weight is 650 g/mol. The molecule has 9 aromatic rings. The predicted octanol–water partition coefficient (Wildman–Crippen LogP) is 12.2. The molecule has 0 N–H and O–H groups in total. The number of thiophene rings is 1. The standard InChI is InChI=1S/C43H27N3S2/c1-6-19-33-26(12-1)27-13-2-7-20-34(27)45(33)37-24-25-38(46-35-21-8-3-14-28(35)29-15-4-9-22-36(29)46)42-40(37)44-43(48-42)32-18-11-17-31-30-16-5-10-23-39(30)47-41(31)32/h1-25,28,35H. The largest absolute Gasteiger partial charge is 0.332 e. The zero-order valence-electron chi connectivity index (χ0n) is 25.7. The van der Waals surface area contributed by atoms with E-state index in [1.165, 1.54) is 69.2 Å². The highest BCUT2D eigenvalue weighted by atomic mass is 32.1. The van der Waals surface area contributed by atoms with Crippen LogP contribution in [-0.4, -0.2) is 15.6 Å². The maximum absolute atomic E-state index is 5.61. The molecule has 3 aromatic heterocycles. The number of hydrogen-bond acceptors (Lipinski definition) is 4. The topological polar surface area (TPSA) is 21.1 Å². The second kappa shape index (κ2) is 10.0. The van der Waals surface area contributed by atoms with Gasteiger partial charge in [-0.15, -0.1) is 22.7 Å². The molecule has 2 unspecified atom stereocenters. The van der Waals surface area contributed by atoms with Gasteiger partial charge in [-0.05, 0) is 42.0 Å². The lowest BCUT2D eigenvalue weighted by atomic mass is 9.91. The highest BCUT2D eigenvalue weighted by Gasteiger charge is 2.38. The Labute approximate surface area is 284 Å². The van der Waals surface area contributed by atoms with E-state index >= 15 is 0 Å². The summed E-state index contributed by atoms with van der Waals surface area (Å²) in [6, 6.07) is 46.7. The first-order valence-corrected chi connectivity index (χ1v) is 18.0. The number of benzene rings is 6. The van der Waals surface area contributed by atoms with Gasteiger partial charge in [-0.2, -0.15) is 0 Å². The summed E-state index contributed by atoms with van der Waals surface area (Å²) in [5.74, 6) is 0.318. The zero-order valence-corrected chi connectivity index (χ0v) is 27.4. The molecule has 2 aliphatic rings. The van der Waals surface area contributed by atoms with Crippen molar-refractivity contribution < 1.29 is 0 Å². The molecule has 0 saturated carbocycles. The van der Waals surface area contributed by atoms with Gasteiger partial charge in [0.15, 0.2) is 0 Å². The SMILES string of the molecule is C1=CC2c3ccccc3N(c3ccc(-n4c5ccccc5c5ccccc54)c4nc(-c5cccc6c5sc5ccccc56)sc34)C2C=C1. The van der Waals surface area contributed by atoms with Crippen LogP contribution in [0.1, 0.15) is 11.5 Å². The highest BCUT2D eigenvalue weighted by Crippen LogP contribution is 2.52. The molecule has 0 bridgehead atoms. The lowest BCUT2D eigenvalue weighted by molar-refractivity contribution is 0.746. The Kier molecular flexibility index (Phi) is 5.54. The number of aromatic nitrogens is 2. The third-order valence-corrected chi connectivity index (χ3v) is 12.5. The summed E-state index contributed by atoms with van der Waals surface area (Å²) >= 11 is 3.69. The minimum absolute atomic E-state index is 0.214. The molecule has 0 radical (unpaired) electrons. The third-order valence-electron chi connectivity index (χ3n) is 10.2. The molecule has 0 spiro atoms. The molecule has 0 fully saturated rings. The van der Waals surface area contributed by atoms with Crippen molar-refractivity contribution in [2.75, 3.05) is 4.90 Å². The summed E-state index contributed by atoms with van der Waals surface area (Å²) in [5, 5.41) is 6.17. The maximum Gasteiger partial charge on any atom is 0.126 e. The average Bonchev–Trinajstić information content (AvgIpc) is 3.91. The molecule has 4 heterocycles. The van der Waals surface area contributed by atoms with Gasteiger partial charge >= 0.3 is 0 Å². The van der Waals surface area contributed by atoms with E-state index in [1.54, 1.807) is 0 Å². The van der Waals surface area contributed by atoms with E-state index in [1.807, 2.05) is 22.7 Å². The Bertz CT molecular complexity index is 2780. The van der Waals surface area contributed by atoms with Crippen LogP contribution in [0, 0.1) is 0 Å². The molecule has 48 heavy (non-hydrogen) atoms. The van der Waals surface area contributed by atoms with Crippen LogP contribution < -0.4 is 4.90 Å². The normalized spacial score (nSPS) is 17.0. The van der Waals surface area contributed by atoms with Crippen molar-refractivity contribution in [3.8, 4) is 16.3 Å². The van der Waals surface area contributed by atoms with Gasteiger partial charge in [-0.3, -0.25) is 0 Å². The molecule has 1 aliphatic heterocycles. The van der Waals surface area contributed by atoms with E-state index in [4.69, 9.17) is 4.98 Å². The molecule has 2 atom stereocenters. The van der Waals surface area contributed by atoms with Crippen LogP contribution in [-0.2, 0) is 0 Å². The second-order valence-electron chi connectivity index (χ2n) is 12.7. The summed E-state index contributed by atoms with van der Waals surface area (Å²) in [6.45, 7) is 0. The minimum Gasteiger partial charge on any atom is -0.332 e. The van der Waals surface area contributed by atoms with Crippen LogP contribution in [0.4, 0.5) is 11.4 Å². The Hall–Kier alpha value is -5.49. The monoisotopic (exact) mass is 649 g/mol. The van der Waals surface area contributed by atoms with Gasteiger partial charge in [-0.25, -0.2) is 4.98 Å². The van der Waals surface area contributed by atoms with Crippen molar-refractivity contribution in [2.24, 2.45) is 0 Å². The molecule has 0 amide bonds. The van der Waals surface area contributed by atoms with Crippen molar-refractivity contribution in [1.29, 1.82) is 0 Å². The quantitative estimate of drug-likeness (QED) is 0.190. The highest BCUT2D eigenvalue weighted by molar-refractivity contribution is 7.27. The van der Waals surface area contributed by atoms with Crippen LogP contribution >= 0.6 is 22.7 Å². The van der Waals surface area contributed by atoms with Crippen LogP contribution in [0.25, 0.3) is 68.5 Å². The first kappa shape index (κ1) is 26.6. The number of anilines is 2. The Morgan fingerprint density at radius 1 is 0.521 bits per heavy atom. The van der Waals surface area contributed by atoms with Gasteiger partial charge in [-0.1, -0.05) is 115 Å². The molecule has 11 rings (SSSR count). The van der Waals surface area contributed by atoms with E-state index in [-0.39, 0.29) is 6.04 Å². The van der Waals surface area contributed by atoms with Gasteiger partial charge in [0.05, 0.1) is 33.1 Å². The van der Waals surface area contributed by atoms with Crippen molar-refractivity contribution in [3.63, 3.8) is 0 Å². The Morgan fingerprint density at radius 3 is 2.06 bits per heavy atom. The molecule has 6 aromatic carbocycles. The van der Waals surface area contributed by atoms with Gasteiger partial charge < -0.3 is 9.47 Å². The van der Waals surface area contributed by atoms with Crippen molar-refractivity contribution in [2.45, 2.75) is 12.0 Å². The summed E-state index contributed by atoms with van der Waals surface area (Å²) in [4.78, 5) is 8.17. The zero-order chi connectivity index (χ0) is 31.3. The van der Waals surface area contributed by atoms with Crippen molar-refractivity contribution in [3.05, 3.63) is 157 Å². The fraction of sp³-hybridized carbons (Fsp3) is 0.0465. The van der Waals surface area contributed by atoms with Crippen LogP contribution in [0.15, 0.2) is 152 Å². The summed E-state index contributed by atoms with van der Waals surface area (Å²) in [7, 11) is 0. The van der Waals surface area contributed by atoms with E-state index in [2.05, 4.69) is 161 Å².